The summed E-state index contributed by atoms with van der Waals surface area (Å²) in [5.74, 6) is -0.657. The van der Waals surface area contributed by atoms with Gasteiger partial charge in [0.1, 0.15) is 6.61 Å². The largest absolute Gasteiger partial charge is 0.462 e. The molecule has 0 aliphatic carbocycles. The second-order valence-electron chi connectivity index (χ2n) is 10.9. The summed E-state index contributed by atoms with van der Waals surface area (Å²) in [6.45, 7) is 3.94. The molecule has 0 radical (unpaired) electrons. The zero-order valence-corrected chi connectivity index (χ0v) is 27.0. The minimum Gasteiger partial charge on any atom is -0.462 e. The second-order valence-corrected chi connectivity index (χ2v) is 10.9. The molecule has 0 aromatic heterocycles. The molecule has 5 heteroatoms. The zero-order valence-electron chi connectivity index (χ0n) is 27.0. The third-order valence-corrected chi connectivity index (χ3v) is 6.80. The molecule has 0 bridgehead atoms. The van der Waals surface area contributed by atoms with E-state index in [1.165, 1.54) is 44.9 Å². The molecular formula is C37H62O5. The maximum Gasteiger partial charge on any atom is 0.306 e. The van der Waals surface area contributed by atoms with Gasteiger partial charge in [-0.15, -0.1) is 0 Å². The number of aliphatic hydroxyl groups excluding tert-OH is 1. The first kappa shape index (κ1) is 39.6. The molecular weight excluding hydrogens is 524 g/mol. The fourth-order valence-corrected chi connectivity index (χ4v) is 4.24. The van der Waals surface area contributed by atoms with Gasteiger partial charge in [0.15, 0.2) is 6.10 Å². The summed E-state index contributed by atoms with van der Waals surface area (Å²) in [5, 5.41) is 9.50. The van der Waals surface area contributed by atoms with Crippen molar-refractivity contribution in [2.24, 2.45) is 0 Å². The summed E-state index contributed by atoms with van der Waals surface area (Å²) in [4.78, 5) is 24.1. The molecule has 0 aromatic rings. The van der Waals surface area contributed by atoms with Crippen LogP contribution < -0.4 is 0 Å². The molecule has 0 aliphatic heterocycles. The van der Waals surface area contributed by atoms with E-state index in [4.69, 9.17) is 9.47 Å². The Bertz CT molecular complexity index is 762. The highest BCUT2D eigenvalue weighted by atomic mass is 16.6. The number of hydrogen-bond donors (Lipinski definition) is 1. The first-order valence-corrected chi connectivity index (χ1v) is 16.8. The lowest BCUT2D eigenvalue weighted by atomic mass is 10.1. The third-order valence-electron chi connectivity index (χ3n) is 6.80. The highest BCUT2D eigenvalue weighted by Gasteiger charge is 2.16. The SMILES string of the molecule is CC/C=C\C/C=C\C/C=C\C/C=C\CCCCC(=O)OC[C@H](CO)OC(=O)CCCCCCC/C=C\CCCCCC. The highest BCUT2D eigenvalue weighted by Crippen LogP contribution is 2.10. The number of carbonyl (C=O) groups excluding carboxylic acids is 2. The molecule has 1 N–H and O–H groups in total. The van der Waals surface area contributed by atoms with Crippen LogP contribution >= 0.6 is 0 Å². The summed E-state index contributed by atoms with van der Waals surface area (Å²) in [7, 11) is 0. The van der Waals surface area contributed by atoms with Crippen molar-refractivity contribution in [1.29, 1.82) is 0 Å². The molecule has 240 valence electrons. The van der Waals surface area contributed by atoms with Gasteiger partial charge in [-0.25, -0.2) is 0 Å². The van der Waals surface area contributed by atoms with Crippen LogP contribution in [-0.4, -0.2) is 36.4 Å². The predicted octanol–water partition coefficient (Wildman–Crippen LogP) is 10.1. The molecule has 0 aliphatic rings. The molecule has 1 atom stereocenters. The summed E-state index contributed by atoms with van der Waals surface area (Å²) >= 11 is 0. The number of carbonyl (C=O) groups is 2. The summed E-state index contributed by atoms with van der Waals surface area (Å²) in [5.41, 5.74) is 0. The van der Waals surface area contributed by atoms with Crippen molar-refractivity contribution >= 4 is 11.9 Å². The van der Waals surface area contributed by atoms with Gasteiger partial charge in [0.2, 0.25) is 0 Å². The van der Waals surface area contributed by atoms with Crippen molar-refractivity contribution in [3.63, 3.8) is 0 Å². The number of unbranched alkanes of at least 4 members (excludes halogenated alkanes) is 11. The summed E-state index contributed by atoms with van der Waals surface area (Å²) in [6.07, 6.45) is 41.3. The van der Waals surface area contributed by atoms with Crippen LogP contribution in [0.3, 0.4) is 0 Å². The van der Waals surface area contributed by atoms with Crippen LogP contribution in [0.1, 0.15) is 142 Å². The third kappa shape index (κ3) is 30.6. The quantitative estimate of drug-likeness (QED) is 0.0536. The smallest absolute Gasteiger partial charge is 0.306 e. The lowest BCUT2D eigenvalue weighted by molar-refractivity contribution is -0.161. The first-order valence-electron chi connectivity index (χ1n) is 16.8. The topological polar surface area (TPSA) is 72.8 Å². The van der Waals surface area contributed by atoms with Crippen molar-refractivity contribution < 1.29 is 24.2 Å². The average Bonchev–Trinajstić information content (AvgIpc) is 2.99. The lowest BCUT2D eigenvalue weighted by Crippen LogP contribution is -2.28. The summed E-state index contributed by atoms with van der Waals surface area (Å²) in [6, 6.07) is 0. The maximum atomic E-state index is 12.1. The Hall–Kier alpha value is -2.40. The van der Waals surface area contributed by atoms with E-state index in [9.17, 15) is 14.7 Å². The van der Waals surface area contributed by atoms with Crippen molar-refractivity contribution in [1.82, 2.24) is 0 Å². The van der Waals surface area contributed by atoms with Crippen LogP contribution in [-0.2, 0) is 19.1 Å². The molecule has 5 nitrogen and oxygen atoms in total. The molecule has 0 spiro atoms. The fraction of sp³-hybridized carbons (Fsp3) is 0.676. The Kier molecular flexibility index (Phi) is 31.2. The molecule has 0 rings (SSSR count). The Morgan fingerprint density at radius 1 is 0.571 bits per heavy atom. The van der Waals surface area contributed by atoms with Crippen molar-refractivity contribution in [2.45, 2.75) is 148 Å². The number of aliphatic hydroxyl groups is 1. The summed E-state index contributed by atoms with van der Waals surface area (Å²) < 4.78 is 10.5. The van der Waals surface area contributed by atoms with Gasteiger partial charge in [0.25, 0.3) is 0 Å². The molecule has 0 amide bonds. The zero-order chi connectivity index (χ0) is 30.8. The molecule has 42 heavy (non-hydrogen) atoms. The van der Waals surface area contributed by atoms with E-state index in [0.29, 0.717) is 12.8 Å². The van der Waals surface area contributed by atoms with Crippen LogP contribution in [0.5, 0.6) is 0 Å². The van der Waals surface area contributed by atoms with E-state index in [2.05, 4.69) is 74.6 Å². The molecule has 0 saturated heterocycles. The highest BCUT2D eigenvalue weighted by molar-refractivity contribution is 5.70. The van der Waals surface area contributed by atoms with Crippen molar-refractivity contribution in [3.05, 3.63) is 60.8 Å². The standard InChI is InChI=1S/C37H62O5/c1-3-5-7-9-11-13-15-17-18-20-21-23-25-27-29-31-36(39)41-34-35(33-38)42-37(40)32-30-28-26-24-22-19-16-14-12-10-8-6-4-2/h5,7,11,13-14,16-18,21,23,35,38H,3-4,6,8-10,12,15,19-20,22,24-34H2,1-2H3/b7-5-,13-11-,16-14-,18-17-,23-21-/t35-/m0/s1. The van der Waals surface area contributed by atoms with Gasteiger partial charge < -0.3 is 14.6 Å². The average molecular weight is 587 g/mol. The predicted molar refractivity (Wildman–Crippen MR) is 177 cm³/mol. The number of allylic oxidation sites excluding steroid dienone is 10. The van der Waals surface area contributed by atoms with Crippen molar-refractivity contribution in [2.75, 3.05) is 13.2 Å². The van der Waals surface area contributed by atoms with Gasteiger partial charge in [-0.2, -0.15) is 0 Å². The Morgan fingerprint density at radius 2 is 1.02 bits per heavy atom. The lowest BCUT2D eigenvalue weighted by Gasteiger charge is -2.15. The number of ether oxygens (including phenoxy) is 2. The number of rotatable bonds is 29. The number of hydrogen-bond acceptors (Lipinski definition) is 5. The van der Waals surface area contributed by atoms with Gasteiger partial charge >= 0.3 is 11.9 Å². The minimum atomic E-state index is -0.792. The van der Waals surface area contributed by atoms with Gasteiger partial charge in [0, 0.05) is 12.8 Å². The molecule has 0 unspecified atom stereocenters. The molecule has 0 heterocycles. The van der Waals surface area contributed by atoms with E-state index in [1.54, 1.807) is 0 Å². The first-order chi connectivity index (χ1) is 20.6. The van der Waals surface area contributed by atoms with Gasteiger partial charge in [0.05, 0.1) is 6.61 Å². The van der Waals surface area contributed by atoms with E-state index in [1.807, 2.05) is 0 Å². The number of esters is 2. The molecule has 0 saturated carbocycles. The van der Waals surface area contributed by atoms with Crippen LogP contribution in [0.4, 0.5) is 0 Å². The van der Waals surface area contributed by atoms with Gasteiger partial charge in [-0.3, -0.25) is 9.59 Å². The van der Waals surface area contributed by atoms with Crippen LogP contribution in [0.25, 0.3) is 0 Å². The molecule has 0 fully saturated rings. The minimum absolute atomic E-state index is 0.0932. The van der Waals surface area contributed by atoms with E-state index < -0.39 is 6.10 Å². The van der Waals surface area contributed by atoms with Crippen LogP contribution in [0, 0.1) is 0 Å². The van der Waals surface area contributed by atoms with E-state index >= 15 is 0 Å². The van der Waals surface area contributed by atoms with Crippen molar-refractivity contribution in [3.8, 4) is 0 Å². The fourth-order valence-electron chi connectivity index (χ4n) is 4.24. The van der Waals surface area contributed by atoms with E-state index in [0.717, 1.165) is 70.6 Å². The van der Waals surface area contributed by atoms with Crippen LogP contribution in [0.15, 0.2) is 60.8 Å². The Labute approximate surface area is 258 Å². The van der Waals surface area contributed by atoms with Gasteiger partial charge in [-0.05, 0) is 77.0 Å². The van der Waals surface area contributed by atoms with E-state index in [-0.39, 0.29) is 25.2 Å². The van der Waals surface area contributed by atoms with Gasteiger partial charge in [-0.1, -0.05) is 113 Å². The maximum absolute atomic E-state index is 12.1. The Balaban J connectivity index is 3.70. The molecule has 0 aromatic carbocycles. The monoisotopic (exact) mass is 586 g/mol. The Morgan fingerprint density at radius 3 is 1.62 bits per heavy atom. The van der Waals surface area contributed by atoms with Crippen LogP contribution in [0.2, 0.25) is 0 Å². The normalized spacial score (nSPS) is 12.9. The second kappa shape index (κ2) is 33.1.